The summed E-state index contributed by atoms with van der Waals surface area (Å²) >= 11 is 0. The van der Waals surface area contributed by atoms with Crippen molar-refractivity contribution in [1.82, 2.24) is 10.2 Å². The number of benzene rings is 1. The third kappa shape index (κ3) is 3.73. The highest BCUT2D eigenvalue weighted by Crippen LogP contribution is 2.17. The van der Waals surface area contributed by atoms with Gasteiger partial charge in [-0.1, -0.05) is 24.6 Å². The van der Waals surface area contributed by atoms with Crippen LogP contribution in [0.4, 0.5) is 0 Å². The lowest BCUT2D eigenvalue weighted by atomic mass is 10.1. The van der Waals surface area contributed by atoms with E-state index in [0.717, 1.165) is 24.4 Å². The van der Waals surface area contributed by atoms with Gasteiger partial charge in [0, 0.05) is 12.1 Å². The van der Waals surface area contributed by atoms with E-state index in [4.69, 9.17) is 4.74 Å². The van der Waals surface area contributed by atoms with E-state index in [2.05, 4.69) is 10.2 Å². The molecule has 0 saturated carbocycles. The van der Waals surface area contributed by atoms with E-state index in [-0.39, 0.29) is 11.9 Å². The highest BCUT2D eigenvalue weighted by molar-refractivity contribution is 5.81. The van der Waals surface area contributed by atoms with Crippen molar-refractivity contribution in [3.63, 3.8) is 0 Å². The minimum Gasteiger partial charge on any atom is -0.496 e. The Hall–Kier alpha value is -1.55. The van der Waals surface area contributed by atoms with E-state index in [1.54, 1.807) is 7.11 Å². The number of amides is 1. The molecule has 0 unspecified atom stereocenters. The molecule has 20 heavy (non-hydrogen) atoms. The van der Waals surface area contributed by atoms with E-state index in [0.29, 0.717) is 6.54 Å². The maximum absolute atomic E-state index is 12.2. The van der Waals surface area contributed by atoms with E-state index >= 15 is 0 Å². The fourth-order valence-corrected chi connectivity index (χ4v) is 2.65. The van der Waals surface area contributed by atoms with Crippen LogP contribution in [0.25, 0.3) is 0 Å². The molecule has 0 bridgehead atoms. The maximum atomic E-state index is 12.2. The first-order valence-electron chi connectivity index (χ1n) is 7.36. The summed E-state index contributed by atoms with van der Waals surface area (Å²) in [6.45, 7) is 4.57. The van der Waals surface area contributed by atoms with Gasteiger partial charge in [0.2, 0.25) is 5.91 Å². The van der Waals surface area contributed by atoms with Crippen LogP contribution >= 0.6 is 0 Å². The zero-order valence-electron chi connectivity index (χ0n) is 12.4. The van der Waals surface area contributed by atoms with Gasteiger partial charge in [-0.2, -0.15) is 0 Å². The Morgan fingerprint density at radius 3 is 2.70 bits per heavy atom. The number of rotatable bonds is 5. The first-order chi connectivity index (χ1) is 9.72. The van der Waals surface area contributed by atoms with Gasteiger partial charge in [-0.25, -0.2) is 0 Å². The molecule has 1 N–H and O–H groups in total. The molecule has 1 aliphatic rings. The lowest BCUT2D eigenvalue weighted by Gasteiger charge is -2.31. The van der Waals surface area contributed by atoms with Crippen molar-refractivity contribution in [2.45, 2.75) is 38.8 Å². The van der Waals surface area contributed by atoms with Crippen LogP contribution in [0.15, 0.2) is 24.3 Å². The molecule has 1 amide bonds. The Labute approximate surface area is 121 Å². The summed E-state index contributed by atoms with van der Waals surface area (Å²) < 4.78 is 5.29. The summed E-state index contributed by atoms with van der Waals surface area (Å²) in [6, 6.07) is 7.73. The fraction of sp³-hybridized carbons (Fsp3) is 0.562. The number of nitrogens with one attached hydrogen (secondary N) is 1. The second kappa shape index (κ2) is 7.29. The lowest BCUT2D eigenvalue weighted by Crippen LogP contribution is -2.46. The quantitative estimate of drug-likeness (QED) is 0.896. The molecular weight excluding hydrogens is 252 g/mol. The smallest absolute Gasteiger partial charge is 0.237 e. The molecule has 0 spiro atoms. The number of hydrogen-bond acceptors (Lipinski definition) is 3. The van der Waals surface area contributed by atoms with Crippen LogP contribution < -0.4 is 10.1 Å². The molecule has 1 fully saturated rings. The zero-order chi connectivity index (χ0) is 14.4. The number of para-hydroxylation sites is 1. The number of methoxy groups -OCH3 is 1. The molecule has 2 rings (SSSR count). The first kappa shape index (κ1) is 14.9. The molecule has 4 heteroatoms. The third-order valence-corrected chi connectivity index (χ3v) is 3.96. The van der Waals surface area contributed by atoms with Gasteiger partial charge < -0.3 is 10.1 Å². The first-order valence-corrected chi connectivity index (χ1v) is 7.36. The zero-order valence-corrected chi connectivity index (χ0v) is 12.4. The molecule has 0 aromatic heterocycles. The maximum Gasteiger partial charge on any atom is 0.237 e. The van der Waals surface area contributed by atoms with Crippen molar-refractivity contribution < 1.29 is 9.53 Å². The van der Waals surface area contributed by atoms with Gasteiger partial charge in [-0.15, -0.1) is 0 Å². The van der Waals surface area contributed by atoms with Gasteiger partial charge in [-0.05, 0) is 38.9 Å². The molecule has 1 atom stereocenters. The predicted molar refractivity (Wildman–Crippen MR) is 79.7 cm³/mol. The summed E-state index contributed by atoms with van der Waals surface area (Å²) in [5.74, 6) is 0.913. The standard InChI is InChI=1S/C16H24N2O2/c1-13(18-10-6-3-7-11-18)16(19)17-12-14-8-4-5-9-15(14)20-2/h4-5,8-9,13H,3,6-7,10-12H2,1-2H3,(H,17,19)/t13-/m0/s1. The minimum absolute atomic E-state index is 0.0509. The topological polar surface area (TPSA) is 41.6 Å². The molecule has 1 aromatic rings. The molecule has 1 saturated heterocycles. The molecule has 1 aromatic carbocycles. The molecule has 4 nitrogen and oxygen atoms in total. The predicted octanol–water partition coefficient (Wildman–Crippen LogP) is 2.19. The fourth-order valence-electron chi connectivity index (χ4n) is 2.65. The molecule has 110 valence electrons. The van der Waals surface area contributed by atoms with Crippen molar-refractivity contribution >= 4 is 5.91 Å². The van der Waals surface area contributed by atoms with Crippen LogP contribution in [0, 0.1) is 0 Å². The van der Waals surface area contributed by atoms with Crippen molar-refractivity contribution in [3.05, 3.63) is 29.8 Å². The van der Waals surface area contributed by atoms with Crippen molar-refractivity contribution in [2.24, 2.45) is 0 Å². The van der Waals surface area contributed by atoms with E-state index in [9.17, 15) is 4.79 Å². The number of hydrogen-bond donors (Lipinski definition) is 1. The minimum atomic E-state index is -0.0509. The van der Waals surface area contributed by atoms with Crippen LogP contribution in [-0.4, -0.2) is 37.0 Å². The van der Waals surface area contributed by atoms with Crippen LogP contribution in [0.5, 0.6) is 5.75 Å². The van der Waals surface area contributed by atoms with Gasteiger partial charge in [-0.3, -0.25) is 9.69 Å². The summed E-state index contributed by atoms with van der Waals surface area (Å²) in [5, 5.41) is 3.01. The average molecular weight is 276 g/mol. The Morgan fingerprint density at radius 1 is 1.30 bits per heavy atom. The Balaban J connectivity index is 1.87. The lowest BCUT2D eigenvalue weighted by molar-refractivity contribution is -0.126. The summed E-state index contributed by atoms with van der Waals surface area (Å²) in [4.78, 5) is 14.5. The Kier molecular flexibility index (Phi) is 5.41. The summed E-state index contributed by atoms with van der Waals surface area (Å²) in [6.07, 6.45) is 3.68. The molecular formula is C16H24N2O2. The number of ether oxygens (including phenoxy) is 1. The molecule has 1 aliphatic heterocycles. The van der Waals surface area contributed by atoms with Gasteiger partial charge in [0.05, 0.1) is 13.2 Å². The van der Waals surface area contributed by atoms with Gasteiger partial charge >= 0.3 is 0 Å². The van der Waals surface area contributed by atoms with Crippen molar-refractivity contribution in [2.75, 3.05) is 20.2 Å². The highest BCUT2D eigenvalue weighted by Gasteiger charge is 2.22. The van der Waals surface area contributed by atoms with Crippen LogP contribution in [0.3, 0.4) is 0 Å². The largest absolute Gasteiger partial charge is 0.496 e. The molecule has 0 aliphatic carbocycles. The molecule has 1 heterocycles. The number of carbonyl (C=O) groups excluding carboxylic acids is 1. The number of piperidine rings is 1. The van der Waals surface area contributed by atoms with E-state index in [1.165, 1.54) is 19.3 Å². The summed E-state index contributed by atoms with van der Waals surface area (Å²) in [7, 11) is 1.65. The van der Waals surface area contributed by atoms with Crippen LogP contribution in [0.2, 0.25) is 0 Å². The second-order valence-corrected chi connectivity index (χ2v) is 5.30. The monoisotopic (exact) mass is 276 g/mol. The van der Waals surface area contributed by atoms with Crippen molar-refractivity contribution in [3.8, 4) is 5.75 Å². The summed E-state index contributed by atoms with van der Waals surface area (Å²) in [5.41, 5.74) is 1.01. The molecule has 0 radical (unpaired) electrons. The third-order valence-electron chi connectivity index (χ3n) is 3.96. The van der Waals surface area contributed by atoms with Gasteiger partial charge in [0.15, 0.2) is 0 Å². The van der Waals surface area contributed by atoms with Gasteiger partial charge in [0.1, 0.15) is 5.75 Å². The average Bonchev–Trinajstić information content (AvgIpc) is 2.53. The van der Waals surface area contributed by atoms with E-state index in [1.807, 2.05) is 31.2 Å². The van der Waals surface area contributed by atoms with Crippen LogP contribution in [-0.2, 0) is 11.3 Å². The van der Waals surface area contributed by atoms with Crippen molar-refractivity contribution in [1.29, 1.82) is 0 Å². The number of likely N-dealkylation sites (tertiary alicyclic amines) is 1. The van der Waals surface area contributed by atoms with Crippen LogP contribution in [0.1, 0.15) is 31.7 Å². The normalized spacial score (nSPS) is 17.5. The number of nitrogens with zero attached hydrogens (tertiary/aromatic N) is 1. The highest BCUT2D eigenvalue weighted by atomic mass is 16.5. The Morgan fingerprint density at radius 2 is 2.00 bits per heavy atom. The van der Waals surface area contributed by atoms with E-state index < -0.39 is 0 Å². The second-order valence-electron chi connectivity index (χ2n) is 5.30. The SMILES string of the molecule is COc1ccccc1CNC(=O)[C@H](C)N1CCCCC1. The Bertz CT molecular complexity index is 442. The van der Waals surface area contributed by atoms with Gasteiger partial charge in [0.25, 0.3) is 0 Å². The number of carbonyl (C=O) groups is 1.